The van der Waals surface area contributed by atoms with Crippen molar-refractivity contribution >= 4 is 36.8 Å². The molecule has 230 valence electrons. The van der Waals surface area contributed by atoms with Crippen molar-refractivity contribution in [1.82, 2.24) is 20.5 Å². The van der Waals surface area contributed by atoms with E-state index in [0.717, 1.165) is 5.56 Å². The van der Waals surface area contributed by atoms with Gasteiger partial charge in [-0.2, -0.15) is 0 Å². The van der Waals surface area contributed by atoms with E-state index >= 15 is 0 Å². The first-order chi connectivity index (χ1) is 20.2. The summed E-state index contributed by atoms with van der Waals surface area (Å²) in [5.74, 6) is -5.53. The van der Waals surface area contributed by atoms with Crippen LogP contribution in [0.1, 0.15) is 50.5 Å². The molecule has 43 heavy (non-hydrogen) atoms. The zero-order valence-electron chi connectivity index (χ0n) is 24.8. The highest BCUT2D eigenvalue weighted by Crippen LogP contribution is 2.33. The lowest BCUT2D eigenvalue weighted by molar-refractivity contribution is -0.155. The molecular weight excluding hydrogens is 559 g/mol. The van der Waals surface area contributed by atoms with Gasteiger partial charge in [0, 0.05) is 19.7 Å². The van der Waals surface area contributed by atoms with E-state index in [-0.39, 0.29) is 18.0 Å². The highest BCUT2D eigenvalue weighted by atomic mass is 16.7. The maximum Gasteiger partial charge on any atom is 0.552 e. The fraction of sp³-hybridized carbons (Fsp3) is 0.448. The first-order valence-electron chi connectivity index (χ1n) is 13.8. The van der Waals surface area contributed by atoms with Gasteiger partial charge in [0.15, 0.2) is 5.60 Å². The van der Waals surface area contributed by atoms with E-state index in [1.165, 1.54) is 32.0 Å². The van der Waals surface area contributed by atoms with E-state index in [4.69, 9.17) is 9.31 Å². The van der Waals surface area contributed by atoms with Crippen molar-refractivity contribution in [3.63, 3.8) is 0 Å². The van der Waals surface area contributed by atoms with Gasteiger partial charge in [-0.15, -0.1) is 0 Å². The Morgan fingerprint density at radius 2 is 1.67 bits per heavy atom. The summed E-state index contributed by atoms with van der Waals surface area (Å²) in [7, 11) is 1.48. The van der Waals surface area contributed by atoms with Crippen LogP contribution in [0, 0.1) is 5.92 Å². The number of aliphatic carboxylic acids is 1. The zero-order chi connectivity index (χ0) is 31.9. The number of carbonyl (C=O) groups is 5. The molecule has 1 unspecified atom stereocenters. The number of benzene rings is 1. The third-order valence-electron chi connectivity index (χ3n) is 6.79. The standard InChI is InChI=1S/C29H37BN4O9/c1-17(2)14-22(30-42-28(41)29(43-30,16-24(37)38)15-23(36)34(4)5)32-27(40)25(18(3)35)33-26(39)21-13-9-12-20(31-21)19-10-7-6-8-11-19/h6-13,17-18,22,25,35H,14-16H2,1-5H3,(H,32,40)(H,33,39)(H,37,38)/t18-,22+,25?,29-/m1/s1. The molecule has 1 aliphatic rings. The number of hydrogen-bond acceptors (Lipinski definition) is 9. The van der Waals surface area contributed by atoms with Crippen molar-refractivity contribution in [3.8, 4) is 11.3 Å². The maximum absolute atomic E-state index is 13.4. The van der Waals surface area contributed by atoms with E-state index in [1.807, 2.05) is 44.2 Å². The fourth-order valence-corrected chi connectivity index (χ4v) is 4.58. The highest BCUT2D eigenvalue weighted by Gasteiger charge is 2.58. The maximum atomic E-state index is 13.4. The van der Waals surface area contributed by atoms with Crippen LogP contribution in [0.4, 0.5) is 0 Å². The Hall–Kier alpha value is -4.30. The third kappa shape index (κ3) is 8.61. The van der Waals surface area contributed by atoms with Gasteiger partial charge < -0.3 is 35.1 Å². The fourth-order valence-electron chi connectivity index (χ4n) is 4.58. The minimum absolute atomic E-state index is 0.0237. The number of hydrogen-bond donors (Lipinski definition) is 4. The predicted molar refractivity (Wildman–Crippen MR) is 155 cm³/mol. The van der Waals surface area contributed by atoms with Gasteiger partial charge >= 0.3 is 19.1 Å². The number of rotatable bonds is 13. The molecule has 3 amide bonds. The molecular formula is C29H37BN4O9. The summed E-state index contributed by atoms with van der Waals surface area (Å²) in [5.41, 5.74) is -0.738. The number of aliphatic hydroxyl groups excluding tert-OH is 1. The van der Waals surface area contributed by atoms with Crippen LogP contribution < -0.4 is 10.6 Å². The second-order valence-corrected chi connectivity index (χ2v) is 11.1. The molecule has 0 aliphatic carbocycles. The van der Waals surface area contributed by atoms with Crippen molar-refractivity contribution in [3.05, 3.63) is 54.2 Å². The summed E-state index contributed by atoms with van der Waals surface area (Å²) in [5, 5.41) is 25.1. The number of carbonyl (C=O) groups excluding carboxylic acids is 4. The molecule has 0 radical (unpaired) electrons. The summed E-state index contributed by atoms with van der Waals surface area (Å²) >= 11 is 0. The molecule has 2 heterocycles. The Bertz CT molecular complexity index is 1340. The molecule has 1 aliphatic heterocycles. The van der Waals surface area contributed by atoms with Crippen molar-refractivity contribution in [1.29, 1.82) is 0 Å². The largest absolute Gasteiger partial charge is 0.552 e. The first-order valence-corrected chi connectivity index (χ1v) is 13.8. The van der Waals surface area contributed by atoms with E-state index in [0.29, 0.717) is 5.69 Å². The minimum atomic E-state index is -2.09. The smallest absolute Gasteiger partial charge is 0.506 e. The number of nitrogens with zero attached hydrogens (tertiary/aromatic N) is 2. The molecule has 13 nitrogen and oxygen atoms in total. The van der Waals surface area contributed by atoms with Crippen molar-refractivity contribution < 1.29 is 43.5 Å². The molecule has 1 fully saturated rings. The Morgan fingerprint density at radius 3 is 2.26 bits per heavy atom. The summed E-state index contributed by atoms with van der Waals surface area (Å²) in [6.07, 6.45) is -2.52. The lowest BCUT2D eigenvalue weighted by Gasteiger charge is -2.28. The third-order valence-corrected chi connectivity index (χ3v) is 6.79. The summed E-state index contributed by atoms with van der Waals surface area (Å²) in [6.45, 7) is 5.01. The molecule has 1 aromatic carbocycles. The summed E-state index contributed by atoms with van der Waals surface area (Å²) in [6, 6.07) is 12.6. The Kier molecular flexibility index (Phi) is 11.0. The molecule has 14 heteroatoms. The van der Waals surface area contributed by atoms with Crippen LogP contribution >= 0.6 is 0 Å². The molecule has 1 saturated heterocycles. The highest BCUT2D eigenvalue weighted by molar-refractivity contribution is 6.51. The van der Waals surface area contributed by atoms with E-state index in [9.17, 15) is 34.2 Å². The molecule has 2 aromatic rings. The van der Waals surface area contributed by atoms with Crippen molar-refractivity contribution in [2.24, 2.45) is 5.92 Å². The topological polar surface area (TPSA) is 184 Å². The van der Waals surface area contributed by atoms with Gasteiger partial charge in [-0.05, 0) is 31.4 Å². The SMILES string of the molecule is CC(C)C[C@H](NC(=O)C(NC(=O)c1cccc(-c2ccccc2)n1)[C@@H](C)O)B1OC(=O)[C@](CC(=O)O)(CC(=O)N(C)C)O1. The van der Waals surface area contributed by atoms with Gasteiger partial charge in [-0.1, -0.05) is 50.2 Å². The van der Waals surface area contributed by atoms with Crippen LogP contribution in [0.2, 0.25) is 0 Å². The molecule has 1 aromatic heterocycles. The van der Waals surface area contributed by atoms with Gasteiger partial charge in [0.05, 0.1) is 30.6 Å². The quantitative estimate of drug-likeness (QED) is 0.244. The number of amides is 3. The Morgan fingerprint density at radius 1 is 1.00 bits per heavy atom. The number of carboxylic acid groups (broad SMARTS) is 1. The van der Waals surface area contributed by atoms with Gasteiger partial charge in [0.25, 0.3) is 5.91 Å². The lowest BCUT2D eigenvalue weighted by atomic mass is 9.73. The van der Waals surface area contributed by atoms with Crippen molar-refractivity contribution in [2.45, 2.75) is 63.7 Å². The van der Waals surface area contributed by atoms with Crippen molar-refractivity contribution in [2.75, 3.05) is 14.1 Å². The van der Waals surface area contributed by atoms with Gasteiger partial charge in [0.2, 0.25) is 11.8 Å². The molecule has 0 bridgehead atoms. The predicted octanol–water partition coefficient (Wildman–Crippen LogP) is 1.05. The summed E-state index contributed by atoms with van der Waals surface area (Å²) in [4.78, 5) is 69.1. The Labute approximate surface area is 250 Å². The number of carboxylic acids is 1. The second kappa shape index (κ2) is 14.3. The lowest BCUT2D eigenvalue weighted by Crippen LogP contribution is -2.58. The van der Waals surface area contributed by atoms with Crippen LogP contribution in [-0.2, 0) is 28.5 Å². The molecule has 0 spiro atoms. The number of aromatic nitrogens is 1. The molecule has 3 rings (SSSR count). The monoisotopic (exact) mass is 596 g/mol. The van der Waals surface area contributed by atoms with E-state index < -0.39 is 73.3 Å². The van der Waals surface area contributed by atoms with Gasteiger partial charge in [0.1, 0.15) is 11.7 Å². The van der Waals surface area contributed by atoms with E-state index in [1.54, 1.807) is 12.1 Å². The molecule has 0 saturated carbocycles. The minimum Gasteiger partial charge on any atom is -0.506 e. The van der Waals surface area contributed by atoms with Gasteiger partial charge in [-0.3, -0.25) is 24.0 Å². The van der Waals surface area contributed by atoms with Crippen LogP contribution in [0.15, 0.2) is 48.5 Å². The van der Waals surface area contributed by atoms with Gasteiger partial charge in [-0.25, -0.2) is 4.98 Å². The summed E-state index contributed by atoms with van der Waals surface area (Å²) < 4.78 is 11.2. The Balaban J connectivity index is 1.80. The van der Waals surface area contributed by atoms with Crippen LogP contribution in [0.5, 0.6) is 0 Å². The molecule has 4 N–H and O–H groups in total. The van der Waals surface area contributed by atoms with Crippen LogP contribution in [0.25, 0.3) is 11.3 Å². The normalized spacial score (nSPS) is 18.4. The number of aliphatic hydroxyl groups is 1. The average Bonchev–Trinajstić information content (AvgIpc) is 3.25. The van der Waals surface area contributed by atoms with E-state index in [2.05, 4.69) is 15.6 Å². The number of nitrogens with one attached hydrogen (secondary N) is 2. The van der Waals surface area contributed by atoms with Crippen LogP contribution in [0.3, 0.4) is 0 Å². The average molecular weight is 596 g/mol. The first kappa shape index (κ1) is 33.2. The second-order valence-electron chi connectivity index (χ2n) is 11.1. The number of pyridine rings is 1. The molecule has 4 atom stereocenters. The zero-order valence-corrected chi connectivity index (χ0v) is 24.8. The van der Waals surface area contributed by atoms with Crippen LogP contribution in [-0.4, -0.2) is 94.7 Å².